The van der Waals surface area contributed by atoms with Crippen LogP contribution in [0.25, 0.3) is 0 Å². The Morgan fingerprint density at radius 2 is 1.70 bits per heavy atom. The highest BCUT2D eigenvalue weighted by Gasteiger charge is 2.44. The zero-order valence-electron chi connectivity index (χ0n) is 12.5. The van der Waals surface area contributed by atoms with Gasteiger partial charge in [-0.05, 0) is 44.6 Å². The Morgan fingerprint density at radius 1 is 0.800 bits per heavy atom. The number of fused-ring (bicyclic) bond motifs is 2. The Bertz CT molecular complexity index is 328. The van der Waals surface area contributed by atoms with E-state index in [-0.39, 0.29) is 0 Å². The summed E-state index contributed by atoms with van der Waals surface area (Å²) in [5.41, 5.74) is 0. The maximum atomic E-state index is 3.97. The molecule has 2 aliphatic carbocycles. The van der Waals surface area contributed by atoms with Gasteiger partial charge in [0.2, 0.25) is 0 Å². The third-order valence-corrected chi connectivity index (χ3v) is 6.23. The van der Waals surface area contributed by atoms with Crippen LogP contribution in [0.4, 0.5) is 0 Å². The van der Waals surface area contributed by atoms with Crippen molar-refractivity contribution in [2.24, 2.45) is 11.8 Å². The van der Waals surface area contributed by atoms with E-state index >= 15 is 0 Å². The molecule has 0 amide bonds. The molecule has 0 aromatic rings. The van der Waals surface area contributed by atoms with Gasteiger partial charge in [0.1, 0.15) is 0 Å². The van der Waals surface area contributed by atoms with E-state index in [9.17, 15) is 0 Å². The summed E-state index contributed by atoms with van der Waals surface area (Å²) in [7, 11) is 0. The largest absolute Gasteiger partial charge is 0.314 e. The lowest BCUT2D eigenvalue weighted by atomic mass is 9.73. The molecule has 0 radical (unpaired) electrons. The number of nitrogens with one attached hydrogen (secondary N) is 4. The first kappa shape index (κ1) is 13.5. The van der Waals surface area contributed by atoms with Gasteiger partial charge in [-0.1, -0.05) is 19.3 Å². The average Bonchev–Trinajstić information content (AvgIpc) is 2.94. The van der Waals surface area contributed by atoms with Gasteiger partial charge in [0.05, 0.1) is 6.17 Å². The molecule has 5 unspecified atom stereocenters. The molecule has 5 atom stereocenters. The number of rotatable bonds is 2. The maximum absolute atomic E-state index is 3.97. The molecule has 4 aliphatic rings. The van der Waals surface area contributed by atoms with Gasteiger partial charge in [0, 0.05) is 30.7 Å². The highest BCUT2D eigenvalue weighted by molar-refractivity contribution is 5.01. The van der Waals surface area contributed by atoms with Crippen LogP contribution in [0.1, 0.15) is 51.4 Å². The van der Waals surface area contributed by atoms with E-state index in [1.165, 1.54) is 57.9 Å². The van der Waals surface area contributed by atoms with Crippen molar-refractivity contribution in [1.82, 2.24) is 21.3 Å². The zero-order valence-corrected chi connectivity index (χ0v) is 12.5. The zero-order chi connectivity index (χ0) is 13.4. The molecule has 114 valence electrons. The van der Waals surface area contributed by atoms with E-state index < -0.39 is 0 Å². The minimum absolute atomic E-state index is 0.547. The number of hydrogen-bond donors (Lipinski definition) is 4. The topological polar surface area (TPSA) is 48.1 Å². The summed E-state index contributed by atoms with van der Waals surface area (Å²) in [6.45, 7) is 2.21. The molecule has 2 aliphatic heterocycles. The van der Waals surface area contributed by atoms with Crippen molar-refractivity contribution in [2.45, 2.75) is 75.7 Å². The van der Waals surface area contributed by atoms with Gasteiger partial charge in [0.15, 0.2) is 0 Å². The van der Waals surface area contributed by atoms with Crippen LogP contribution >= 0.6 is 0 Å². The first-order valence-corrected chi connectivity index (χ1v) is 8.86. The lowest BCUT2D eigenvalue weighted by Gasteiger charge is -2.47. The Kier molecular flexibility index (Phi) is 3.99. The molecule has 0 aromatic carbocycles. The van der Waals surface area contributed by atoms with E-state index in [0.717, 1.165) is 30.6 Å². The van der Waals surface area contributed by atoms with Crippen molar-refractivity contribution < 1.29 is 0 Å². The van der Waals surface area contributed by atoms with Crippen LogP contribution in [0.5, 0.6) is 0 Å². The fraction of sp³-hybridized carbons (Fsp3) is 1.00. The number of hydrogen-bond acceptors (Lipinski definition) is 4. The Labute approximate surface area is 122 Å². The van der Waals surface area contributed by atoms with Gasteiger partial charge in [0.25, 0.3) is 0 Å². The van der Waals surface area contributed by atoms with Crippen LogP contribution in [0.15, 0.2) is 0 Å². The Hall–Kier alpha value is -0.160. The molecule has 4 nitrogen and oxygen atoms in total. The average molecular weight is 278 g/mol. The second kappa shape index (κ2) is 5.91. The molecular weight excluding hydrogens is 248 g/mol. The first-order chi connectivity index (χ1) is 9.90. The van der Waals surface area contributed by atoms with Gasteiger partial charge >= 0.3 is 0 Å². The molecule has 2 heterocycles. The molecule has 0 aromatic heterocycles. The standard InChI is InChI=1S/C16H30N4/c1-2-4-12(5-3-1)20-16-13-8-11-6-7-17-14(11)9-15(13)18-10-19-16/h11-20H,1-10H2. The van der Waals surface area contributed by atoms with Crippen LogP contribution in [0, 0.1) is 11.8 Å². The monoisotopic (exact) mass is 278 g/mol. The van der Waals surface area contributed by atoms with Gasteiger partial charge in [-0.3, -0.25) is 10.6 Å². The second-order valence-electron chi connectivity index (χ2n) is 7.42. The second-order valence-corrected chi connectivity index (χ2v) is 7.42. The van der Waals surface area contributed by atoms with Crippen molar-refractivity contribution >= 4 is 0 Å². The fourth-order valence-electron chi connectivity index (χ4n) is 5.10. The maximum Gasteiger partial charge on any atom is 0.0627 e. The lowest BCUT2D eigenvalue weighted by molar-refractivity contribution is 0.0878. The van der Waals surface area contributed by atoms with Crippen molar-refractivity contribution in [1.29, 1.82) is 0 Å². The van der Waals surface area contributed by atoms with E-state index in [2.05, 4.69) is 21.3 Å². The third kappa shape index (κ3) is 2.63. The predicted octanol–water partition coefficient (Wildman–Crippen LogP) is 1.14. The molecule has 0 bridgehead atoms. The van der Waals surface area contributed by atoms with Crippen molar-refractivity contribution in [3.63, 3.8) is 0 Å². The normalized spacial score (nSPS) is 45.9. The molecule has 4 rings (SSSR count). The van der Waals surface area contributed by atoms with Crippen LogP contribution in [-0.2, 0) is 0 Å². The van der Waals surface area contributed by atoms with E-state index in [1.807, 2.05) is 0 Å². The quantitative estimate of drug-likeness (QED) is 0.612. The third-order valence-electron chi connectivity index (χ3n) is 6.23. The van der Waals surface area contributed by atoms with E-state index in [4.69, 9.17) is 0 Å². The Morgan fingerprint density at radius 3 is 2.60 bits per heavy atom. The van der Waals surface area contributed by atoms with Gasteiger partial charge < -0.3 is 10.6 Å². The van der Waals surface area contributed by atoms with Gasteiger partial charge in [-0.2, -0.15) is 0 Å². The summed E-state index contributed by atoms with van der Waals surface area (Å²) in [6.07, 6.45) is 11.7. The molecule has 4 N–H and O–H groups in total. The molecular formula is C16H30N4. The SMILES string of the molecule is C1CCC(NC2NCNC3CC4NCCC4CC32)CC1. The molecule has 4 fully saturated rings. The molecule has 2 saturated carbocycles. The predicted molar refractivity (Wildman–Crippen MR) is 81.3 cm³/mol. The first-order valence-electron chi connectivity index (χ1n) is 8.86. The molecule has 20 heavy (non-hydrogen) atoms. The van der Waals surface area contributed by atoms with Crippen LogP contribution in [0.3, 0.4) is 0 Å². The van der Waals surface area contributed by atoms with Crippen LogP contribution in [-0.4, -0.2) is 37.5 Å². The molecule has 0 spiro atoms. The van der Waals surface area contributed by atoms with Crippen LogP contribution < -0.4 is 21.3 Å². The molecule has 2 saturated heterocycles. The van der Waals surface area contributed by atoms with E-state index in [1.54, 1.807) is 0 Å². The van der Waals surface area contributed by atoms with Crippen molar-refractivity contribution in [3.05, 3.63) is 0 Å². The van der Waals surface area contributed by atoms with Gasteiger partial charge in [-0.15, -0.1) is 0 Å². The lowest BCUT2D eigenvalue weighted by Crippen LogP contribution is -2.66. The summed E-state index contributed by atoms with van der Waals surface area (Å²) >= 11 is 0. The summed E-state index contributed by atoms with van der Waals surface area (Å²) in [4.78, 5) is 0. The minimum Gasteiger partial charge on any atom is -0.314 e. The van der Waals surface area contributed by atoms with E-state index in [0.29, 0.717) is 12.2 Å². The van der Waals surface area contributed by atoms with Crippen molar-refractivity contribution in [2.75, 3.05) is 13.2 Å². The van der Waals surface area contributed by atoms with Gasteiger partial charge in [-0.25, -0.2) is 0 Å². The fourth-order valence-corrected chi connectivity index (χ4v) is 5.10. The Balaban J connectivity index is 1.40. The summed E-state index contributed by atoms with van der Waals surface area (Å²) in [5, 5.41) is 15.1. The highest BCUT2D eigenvalue weighted by atomic mass is 15.2. The summed E-state index contributed by atoms with van der Waals surface area (Å²) < 4.78 is 0. The summed E-state index contributed by atoms with van der Waals surface area (Å²) in [5.74, 6) is 1.71. The highest BCUT2D eigenvalue weighted by Crippen LogP contribution is 2.37. The summed E-state index contributed by atoms with van der Waals surface area (Å²) in [6, 6.07) is 2.26. The molecule has 4 heteroatoms. The van der Waals surface area contributed by atoms with Crippen LogP contribution in [0.2, 0.25) is 0 Å². The van der Waals surface area contributed by atoms with Crippen molar-refractivity contribution in [3.8, 4) is 0 Å². The minimum atomic E-state index is 0.547. The smallest absolute Gasteiger partial charge is 0.0627 e.